The van der Waals surface area contributed by atoms with Crippen LogP contribution in [0.3, 0.4) is 0 Å². The predicted octanol–water partition coefficient (Wildman–Crippen LogP) is 2.05. The van der Waals surface area contributed by atoms with E-state index in [2.05, 4.69) is 16.9 Å². The van der Waals surface area contributed by atoms with Crippen LogP contribution in [0.1, 0.15) is 28.6 Å². The van der Waals surface area contributed by atoms with Crippen molar-refractivity contribution in [2.24, 2.45) is 0 Å². The highest BCUT2D eigenvalue weighted by molar-refractivity contribution is 7.11. The van der Waals surface area contributed by atoms with Gasteiger partial charge < -0.3 is 9.47 Å². The number of piperidine rings is 1. The van der Waals surface area contributed by atoms with Crippen molar-refractivity contribution in [2.75, 3.05) is 13.1 Å². The van der Waals surface area contributed by atoms with Crippen LogP contribution in [-0.2, 0) is 11.3 Å². The Bertz CT molecular complexity index is 578. The van der Waals surface area contributed by atoms with Crippen LogP contribution >= 0.6 is 11.3 Å². The van der Waals surface area contributed by atoms with Gasteiger partial charge in [0.25, 0.3) is 0 Å². The molecule has 5 nitrogen and oxygen atoms in total. The summed E-state index contributed by atoms with van der Waals surface area (Å²) >= 11 is 1.75. The van der Waals surface area contributed by atoms with Gasteiger partial charge in [-0.1, -0.05) is 0 Å². The molecule has 1 fully saturated rings. The summed E-state index contributed by atoms with van der Waals surface area (Å²) in [6.45, 7) is 4.10. The van der Waals surface area contributed by atoms with Crippen LogP contribution < -0.4 is 0 Å². The third kappa shape index (κ3) is 2.90. The molecule has 0 aliphatic carbocycles. The molecule has 1 amide bonds. The maximum absolute atomic E-state index is 12.3. The van der Waals surface area contributed by atoms with E-state index < -0.39 is 0 Å². The van der Waals surface area contributed by atoms with Gasteiger partial charge in [0.05, 0.1) is 11.3 Å². The van der Waals surface area contributed by atoms with Gasteiger partial charge in [0.1, 0.15) is 6.54 Å². The van der Waals surface area contributed by atoms with E-state index in [9.17, 15) is 4.79 Å². The first-order chi connectivity index (χ1) is 9.72. The van der Waals surface area contributed by atoms with E-state index in [1.54, 1.807) is 23.9 Å². The van der Waals surface area contributed by atoms with Gasteiger partial charge in [-0.15, -0.1) is 11.3 Å². The summed E-state index contributed by atoms with van der Waals surface area (Å²) in [5.41, 5.74) is 0. The van der Waals surface area contributed by atoms with Gasteiger partial charge in [-0.3, -0.25) is 4.79 Å². The van der Waals surface area contributed by atoms with Crippen LogP contribution in [-0.4, -0.2) is 38.4 Å². The first-order valence-corrected chi connectivity index (χ1v) is 7.70. The lowest BCUT2D eigenvalue weighted by Gasteiger charge is -2.32. The summed E-state index contributed by atoms with van der Waals surface area (Å²) < 4.78 is 1.82. The fourth-order valence-electron chi connectivity index (χ4n) is 2.60. The van der Waals surface area contributed by atoms with Crippen molar-refractivity contribution in [1.82, 2.24) is 19.4 Å². The van der Waals surface area contributed by atoms with Crippen LogP contribution in [0.5, 0.6) is 0 Å². The number of thiazole rings is 1. The molecule has 0 bridgehead atoms. The van der Waals surface area contributed by atoms with Gasteiger partial charge in [-0.05, 0) is 19.8 Å². The molecule has 3 rings (SSSR count). The third-order valence-electron chi connectivity index (χ3n) is 3.64. The Balaban J connectivity index is 1.64. The van der Waals surface area contributed by atoms with Crippen molar-refractivity contribution in [1.29, 1.82) is 0 Å². The van der Waals surface area contributed by atoms with Crippen molar-refractivity contribution in [2.45, 2.75) is 32.2 Å². The maximum atomic E-state index is 12.3. The first-order valence-electron chi connectivity index (χ1n) is 6.88. The number of hydrogen-bond acceptors (Lipinski definition) is 4. The van der Waals surface area contributed by atoms with E-state index in [1.807, 2.05) is 21.9 Å². The van der Waals surface area contributed by atoms with Gasteiger partial charge in [0, 0.05) is 42.5 Å². The Morgan fingerprint density at radius 1 is 1.55 bits per heavy atom. The molecule has 3 heterocycles. The van der Waals surface area contributed by atoms with E-state index in [-0.39, 0.29) is 5.91 Å². The van der Waals surface area contributed by atoms with E-state index in [0.29, 0.717) is 12.5 Å². The van der Waals surface area contributed by atoms with E-state index >= 15 is 0 Å². The average molecular weight is 290 g/mol. The minimum atomic E-state index is 0.168. The molecule has 0 spiro atoms. The highest BCUT2D eigenvalue weighted by Crippen LogP contribution is 2.29. The molecule has 0 aromatic carbocycles. The lowest BCUT2D eigenvalue weighted by Crippen LogP contribution is -2.40. The highest BCUT2D eigenvalue weighted by atomic mass is 32.1. The molecule has 1 atom stereocenters. The Kier molecular flexibility index (Phi) is 3.82. The number of rotatable bonds is 3. The quantitative estimate of drug-likeness (QED) is 0.869. The van der Waals surface area contributed by atoms with Gasteiger partial charge >= 0.3 is 0 Å². The number of carbonyl (C=O) groups is 1. The molecular weight excluding hydrogens is 272 g/mol. The third-order valence-corrected chi connectivity index (χ3v) is 4.71. The lowest BCUT2D eigenvalue weighted by molar-refractivity contribution is -0.133. The standard InChI is InChI=1S/C14H18N4OS/c1-11-7-16-14(20-11)12-3-2-5-18(8-12)13(19)9-17-6-4-15-10-17/h4,6-7,10,12H,2-3,5,8-9H2,1H3/t12-/m1/s1. The molecule has 0 unspecified atom stereocenters. The zero-order chi connectivity index (χ0) is 13.9. The SMILES string of the molecule is Cc1cnc([C@@H]2CCCN(C(=O)Cn3ccnc3)C2)s1. The van der Waals surface area contributed by atoms with E-state index in [1.165, 1.54) is 9.88 Å². The normalized spacial score (nSPS) is 19.2. The second-order valence-corrected chi connectivity index (χ2v) is 6.49. The minimum Gasteiger partial charge on any atom is -0.340 e. The van der Waals surface area contributed by atoms with Gasteiger partial charge in [-0.2, -0.15) is 0 Å². The largest absolute Gasteiger partial charge is 0.340 e. The Labute approximate surface area is 122 Å². The minimum absolute atomic E-state index is 0.168. The molecule has 6 heteroatoms. The van der Waals surface area contributed by atoms with Crippen molar-refractivity contribution in [3.8, 4) is 0 Å². The molecular formula is C14H18N4OS. The van der Waals surface area contributed by atoms with E-state index in [4.69, 9.17) is 0 Å². The van der Waals surface area contributed by atoms with Gasteiger partial charge in [0.2, 0.25) is 5.91 Å². The van der Waals surface area contributed by atoms with Crippen molar-refractivity contribution in [3.05, 3.63) is 34.8 Å². The molecule has 1 saturated heterocycles. The molecule has 1 aliphatic rings. The summed E-state index contributed by atoms with van der Waals surface area (Å²) in [6.07, 6.45) is 9.31. The number of nitrogens with zero attached hydrogens (tertiary/aromatic N) is 4. The second kappa shape index (κ2) is 5.75. The monoisotopic (exact) mass is 290 g/mol. The second-order valence-electron chi connectivity index (χ2n) is 5.22. The number of aryl methyl sites for hydroxylation is 1. The predicted molar refractivity (Wildman–Crippen MR) is 77.6 cm³/mol. The zero-order valence-electron chi connectivity index (χ0n) is 11.5. The van der Waals surface area contributed by atoms with E-state index in [0.717, 1.165) is 25.9 Å². The summed E-state index contributed by atoms with van der Waals surface area (Å²) in [5, 5.41) is 1.17. The first kappa shape index (κ1) is 13.3. The number of hydrogen-bond donors (Lipinski definition) is 0. The summed E-state index contributed by atoms with van der Waals surface area (Å²) in [7, 11) is 0. The Morgan fingerprint density at radius 3 is 3.15 bits per heavy atom. The molecule has 0 saturated carbocycles. The Hall–Kier alpha value is -1.69. The van der Waals surface area contributed by atoms with Crippen molar-refractivity contribution < 1.29 is 4.79 Å². The topological polar surface area (TPSA) is 51.0 Å². The van der Waals surface area contributed by atoms with Crippen molar-refractivity contribution >= 4 is 17.2 Å². The van der Waals surface area contributed by atoms with Crippen LogP contribution in [0.2, 0.25) is 0 Å². The van der Waals surface area contributed by atoms with Gasteiger partial charge in [0.15, 0.2) is 0 Å². The molecule has 1 aliphatic heterocycles. The molecule has 106 valence electrons. The average Bonchev–Trinajstić information content (AvgIpc) is 3.10. The fourth-order valence-corrected chi connectivity index (χ4v) is 3.50. The maximum Gasteiger partial charge on any atom is 0.242 e. The van der Waals surface area contributed by atoms with Crippen molar-refractivity contribution in [3.63, 3.8) is 0 Å². The summed E-state index contributed by atoms with van der Waals surface area (Å²) in [5.74, 6) is 0.565. The zero-order valence-corrected chi connectivity index (χ0v) is 12.3. The molecule has 0 N–H and O–H groups in total. The van der Waals surface area contributed by atoms with Crippen LogP contribution in [0.15, 0.2) is 24.9 Å². The van der Waals surface area contributed by atoms with Gasteiger partial charge in [-0.25, -0.2) is 9.97 Å². The lowest BCUT2D eigenvalue weighted by atomic mass is 9.99. The smallest absolute Gasteiger partial charge is 0.242 e. The summed E-state index contributed by atoms with van der Waals surface area (Å²) in [6, 6.07) is 0. The number of imidazole rings is 1. The van der Waals surface area contributed by atoms with Crippen LogP contribution in [0, 0.1) is 6.92 Å². The number of carbonyl (C=O) groups excluding carboxylic acids is 1. The highest BCUT2D eigenvalue weighted by Gasteiger charge is 2.26. The Morgan fingerprint density at radius 2 is 2.45 bits per heavy atom. The molecule has 20 heavy (non-hydrogen) atoms. The number of likely N-dealkylation sites (tertiary alicyclic amines) is 1. The molecule has 2 aromatic rings. The number of aromatic nitrogens is 3. The molecule has 2 aromatic heterocycles. The van der Waals surface area contributed by atoms with Crippen LogP contribution in [0.4, 0.5) is 0 Å². The van der Waals surface area contributed by atoms with Crippen LogP contribution in [0.25, 0.3) is 0 Å². The number of amides is 1. The fraction of sp³-hybridized carbons (Fsp3) is 0.500. The molecule has 0 radical (unpaired) electrons. The summed E-state index contributed by atoms with van der Waals surface area (Å²) in [4.78, 5) is 24.0.